The van der Waals surface area contributed by atoms with Gasteiger partial charge in [0.2, 0.25) is 4.99 Å². The summed E-state index contributed by atoms with van der Waals surface area (Å²) in [6.07, 6.45) is 11.9. The first-order chi connectivity index (χ1) is 8.89. The van der Waals surface area contributed by atoms with Crippen molar-refractivity contribution >= 4 is 11.8 Å². The van der Waals surface area contributed by atoms with E-state index in [1.54, 1.807) is 25.3 Å². The molecule has 5 rings (SSSR count). The lowest BCUT2D eigenvalue weighted by Crippen LogP contribution is -2.52. The molecule has 0 amide bonds. The lowest BCUT2D eigenvalue weighted by molar-refractivity contribution is 0.137. The van der Waals surface area contributed by atoms with E-state index in [4.69, 9.17) is 0 Å². The number of hydrogen-bond donors (Lipinski definition) is 0. The summed E-state index contributed by atoms with van der Waals surface area (Å²) in [6.45, 7) is 0. The molecule has 1 aliphatic carbocycles. The van der Waals surface area contributed by atoms with Crippen molar-refractivity contribution in [2.45, 2.75) is 35.9 Å². The predicted molar refractivity (Wildman–Crippen MR) is 66.8 cm³/mol. The van der Waals surface area contributed by atoms with Gasteiger partial charge in [0.1, 0.15) is 25.3 Å². The molecule has 0 aromatic carbocycles. The molecule has 0 unspecified atom stereocenters. The number of nitrogens with zero attached hydrogens (tertiary/aromatic N) is 6. The molecule has 0 N–H and O–H groups in total. The van der Waals surface area contributed by atoms with Crippen molar-refractivity contribution in [1.82, 2.24) is 29.5 Å². The Morgan fingerprint density at radius 3 is 1.94 bits per heavy atom. The summed E-state index contributed by atoms with van der Waals surface area (Å²) in [5, 5.41) is 9.46. The van der Waals surface area contributed by atoms with Crippen molar-refractivity contribution < 1.29 is 0 Å². The first-order valence-corrected chi connectivity index (χ1v) is 7.15. The van der Waals surface area contributed by atoms with Crippen LogP contribution in [0.2, 0.25) is 0 Å². The maximum absolute atomic E-state index is 4.38. The average Bonchev–Trinajstić information content (AvgIpc) is 3.14. The van der Waals surface area contributed by atoms with Gasteiger partial charge in [0.25, 0.3) is 0 Å². The Kier molecular flexibility index (Phi) is 2.23. The van der Waals surface area contributed by atoms with Crippen LogP contribution in [0.15, 0.2) is 25.3 Å². The zero-order chi connectivity index (χ0) is 12.0. The van der Waals surface area contributed by atoms with Gasteiger partial charge in [0.05, 0.1) is 0 Å². The van der Waals surface area contributed by atoms with Crippen LogP contribution in [0.5, 0.6) is 0 Å². The van der Waals surface area contributed by atoms with Gasteiger partial charge < -0.3 is 0 Å². The smallest absolute Gasteiger partial charge is 0.207 e. The summed E-state index contributed by atoms with van der Waals surface area (Å²) >= 11 is 1.97. The normalized spacial score (nSPS) is 29.6. The second kappa shape index (κ2) is 3.81. The van der Waals surface area contributed by atoms with E-state index in [-0.39, 0.29) is 4.99 Å². The van der Waals surface area contributed by atoms with Crippen molar-refractivity contribution in [2.24, 2.45) is 5.92 Å². The fraction of sp³-hybridized carbons (Fsp3) is 0.636. The van der Waals surface area contributed by atoms with Crippen molar-refractivity contribution in [1.29, 1.82) is 0 Å². The van der Waals surface area contributed by atoms with Gasteiger partial charge in [-0.25, -0.2) is 19.3 Å². The van der Waals surface area contributed by atoms with Gasteiger partial charge in [-0.05, 0) is 25.7 Å². The van der Waals surface area contributed by atoms with E-state index < -0.39 is 0 Å². The van der Waals surface area contributed by atoms with Crippen molar-refractivity contribution in [3.63, 3.8) is 0 Å². The van der Waals surface area contributed by atoms with E-state index in [1.165, 1.54) is 25.7 Å². The monoisotopic (exact) mass is 262 g/mol. The van der Waals surface area contributed by atoms with Crippen LogP contribution in [0.25, 0.3) is 0 Å². The molecule has 0 radical (unpaired) electrons. The van der Waals surface area contributed by atoms with Crippen LogP contribution < -0.4 is 0 Å². The molecular weight excluding hydrogens is 248 g/mol. The van der Waals surface area contributed by atoms with Gasteiger partial charge in [0, 0.05) is 11.2 Å². The second-order valence-electron chi connectivity index (χ2n) is 4.93. The molecule has 0 spiro atoms. The molecule has 18 heavy (non-hydrogen) atoms. The number of aromatic nitrogens is 6. The zero-order valence-corrected chi connectivity index (χ0v) is 10.7. The third-order valence-electron chi connectivity index (χ3n) is 4.04. The molecule has 2 aromatic rings. The molecule has 2 saturated heterocycles. The van der Waals surface area contributed by atoms with E-state index in [0.717, 1.165) is 0 Å². The lowest BCUT2D eigenvalue weighted by atomic mass is 9.85. The van der Waals surface area contributed by atoms with Crippen LogP contribution in [-0.4, -0.2) is 34.8 Å². The van der Waals surface area contributed by atoms with Gasteiger partial charge in [-0.1, -0.05) is 0 Å². The molecule has 1 saturated carbocycles. The van der Waals surface area contributed by atoms with Crippen LogP contribution in [0, 0.1) is 5.92 Å². The fourth-order valence-corrected chi connectivity index (χ4v) is 5.06. The van der Waals surface area contributed by atoms with Crippen LogP contribution in [0.3, 0.4) is 0 Å². The molecular formula is C11H14N6S. The fourth-order valence-electron chi connectivity index (χ4n) is 3.23. The average molecular weight is 262 g/mol. The Morgan fingerprint density at radius 2 is 1.56 bits per heavy atom. The van der Waals surface area contributed by atoms with Crippen LogP contribution in [0.1, 0.15) is 25.7 Å². The predicted octanol–water partition coefficient (Wildman–Crippen LogP) is 1.33. The molecule has 2 bridgehead atoms. The third kappa shape index (κ3) is 1.31. The molecule has 3 aliphatic rings. The molecule has 2 aromatic heterocycles. The van der Waals surface area contributed by atoms with Gasteiger partial charge in [-0.15, -0.1) is 11.8 Å². The standard InChI is InChI=1S/C11H14N6S/c1-3-10-4-2-9(1)11(18-10,16-7-12-5-14-16)17-8-13-6-15-17/h5-10H,1-4H2. The van der Waals surface area contributed by atoms with Crippen LogP contribution >= 0.6 is 11.8 Å². The maximum atomic E-state index is 4.38. The molecule has 94 valence electrons. The minimum Gasteiger partial charge on any atom is -0.223 e. The minimum absolute atomic E-state index is 0.256. The van der Waals surface area contributed by atoms with E-state index in [0.29, 0.717) is 11.2 Å². The number of thioether (sulfide) groups is 1. The van der Waals surface area contributed by atoms with E-state index in [9.17, 15) is 0 Å². The summed E-state index contributed by atoms with van der Waals surface area (Å²) < 4.78 is 3.92. The van der Waals surface area contributed by atoms with Crippen molar-refractivity contribution in [3.8, 4) is 0 Å². The number of fused-ring (bicyclic) bond motifs is 3. The molecule has 0 atom stereocenters. The Bertz CT molecular complexity index is 479. The van der Waals surface area contributed by atoms with Crippen LogP contribution in [0.4, 0.5) is 0 Å². The molecule has 6 nitrogen and oxygen atoms in total. The van der Waals surface area contributed by atoms with E-state index in [2.05, 4.69) is 20.2 Å². The largest absolute Gasteiger partial charge is 0.223 e. The first-order valence-electron chi connectivity index (χ1n) is 6.27. The Hall–Kier alpha value is -1.37. The Morgan fingerprint density at radius 1 is 0.944 bits per heavy atom. The van der Waals surface area contributed by atoms with Gasteiger partial charge >= 0.3 is 0 Å². The SMILES string of the molecule is c1ncn(C2(n3cncn3)SC3CCC2CC3)n1. The topological polar surface area (TPSA) is 61.4 Å². The highest BCUT2D eigenvalue weighted by atomic mass is 32.2. The summed E-state index contributed by atoms with van der Waals surface area (Å²) in [7, 11) is 0. The highest BCUT2D eigenvalue weighted by Gasteiger charge is 2.52. The van der Waals surface area contributed by atoms with E-state index >= 15 is 0 Å². The quantitative estimate of drug-likeness (QED) is 0.817. The molecule has 7 heteroatoms. The highest BCUT2D eigenvalue weighted by molar-refractivity contribution is 8.00. The summed E-state index contributed by atoms with van der Waals surface area (Å²) in [4.78, 5) is 7.97. The summed E-state index contributed by atoms with van der Waals surface area (Å²) in [5.74, 6) is 0.552. The van der Waals surface area contributed by atoms with Gasteiger partial charge in [-0.3, -0.25) is 0 Å². The molecule has 4 heterocycles. The van der Waals surface area contributed by atoms with E-state index in [1.807, 2.05) is 21.1 Å². The second-order valence-corrected chi connectivity index (χ2v) is 6.43. The van der Waals surface area contributed by atoms with Gasteiger partial charge in [-0.2, -0.15) is 10.2 Å². The molecule has 2 aliphatic heterocycles. The minimum atomic E-state index is -0.256. The highest BCUT2D eigenvalue weighted by Crippen LogP contribution is 2.55. The number of rotatable bonds is 2. The Balaban J connectivity index is 1.89. The van der Waals surface area contributed by atoms with Gasteiger partial charge in [0.15, 0.2) is 0 Å². The summed E-state index contributed by atoms with van der Waals surface area (Å²) in [5.41, 5.74) is 0. The molecule has 3 fully saturated rings. The van der Waals surface area contributed by atoms with Crippen molar-refractivity contribution in [3.05, 3.63) is 25.3 Å². The third-order valence-corrected chi connectivity index (χ3v) is 5.90. The Labute approximate surface area is 109 Å². The summed E-state index contributed by atoms with van der Waals surface area (Å²) in [6, 6.07) is 0. The van der Waals surface area contributed by atoms with Crippen molar-refractivity contribution in [2.75, 3.05) is 0 Å². The zero-order valence-electron chi connectivity index (χ0n) is 9.88. The maximum Gasteiger partial charge on any atom is 0.207 e. The number of hydrogen-bond acceptors (Lipinski definition) is 5. The lowest BCUT2D eigenvalue weighted by Gasteiger charge is -2.50. The van der Waals surface area contributed by atoms with Crippen LogP contribution in [-0.2, 0) is 4.99 Å². The first kappa shape index (κ1) is 10.5.